The van der Waals surface area contributed by atoms with Crippen molar-refractivity contribution >= 4 is 21.7 Å². The molecule has 1 aromatic rings. The predicted octanol–water partition coefficient (Wildman–Crippen LogP) is 1.86. The largest absolute Gasteiger partial charge is 0.338 e. The van der Waals surface area contributed by atoms with Crippen LogP contribution in [-0.4, -0.2) is 39.4 Å². The fourth-order valence-corrected chi connectivity index (χ4v) is 2.45. The Balaban J connectivity index is 2.77. The number of unbranched alkanes of at least 4 members (excludes halogenated alkanes) is 1. The van der Waals surface area contributed by atoms with Crippen LogP contribution in [0.2, 0.25) is 0 Å². The normalized spacial score (nSPS) is 11.4. The summed E-state index contributed by atoms with van der Waals surface area (Å²) in [6, 6.07) is 5.84. The number of amides is 2. The standard InChI is InChI=1S/C13H21N3O3S/c1-4-5-9-14-13(17)15-11-7-6-8-12(10-11)20(18,19)16(2)3/h6-8,10H,4-5,9H2,1-3H3,(H2,14,15,17). The van der Waals surface area contributed by atoms with Gasteiger partial charge in [-0.2, -0.15) is 0 Å². The highest BCUT2D eigenvalue weighted by molar-refractivity contribution is 7.89. The number of anilines is 1. The Bertz CT molecular complexity index is 556. The van der Waals surface area contributed by atoms with E-state index in [9.17, 15) is 13.2 Å². The average Bonchev–Trinajstić information content (AvgIpc) is 2.39. The molecule has 2 N–H and O–H groups in total. The lowest BCUT2D eigenvalue weighted by Crippen LogP contribution is -2.29. The zero-order valence-electron chi connectivity index (χ0n) is 12.0. The van der Waals surface area contributed by atoms with E-state index in [-0.39, 0.29) is 10.9 Å². The number of hydrogen-bond acceptors (Lipinski definition) is 3. The summed E-state index contributed by atoms with van der Waals surface area (Å²) in [4.78, 5) is 11.7. The quantitative estimate of drug-likeness (QED) is 0.787. The molecule has 0 saturated carbocycles. The Hall–Kier alpha value is -1.60. The lowest BCUT2D eigenvalue weighted by atomic mass is 10.3. The topological polar surface area (TPSA) is 78.5 Å². The molecule has 0 saturated heterocycles. The average molecular weight is 299 g/mol. The van der Waals surface area contributed by atoms with Crippen molar-refractivity contribution in [1.29, 1.82) is 0 Å². The molecule has 1 aromatic carbocycles. The maximum atomic E-state index is 12.0. The zero-order valence-corrected chi connectivity index (χ0v) is 12.8. The van der Waals surface area contributed by atoms with Crippen LogP contribution in [0.4, 0.5) is 10.5 Å². The maximum absolute atomic E-state index is 12.0. The summed E-state index contributed by atoms with van der Waals surface area (Å²) in [5, 5.41) is 5.32. The Labute approximate surface area is 120 Å². The summed E-state index contributed by atoms with van der Waals surface area (Å²) >= 11 is 0. The number of benzene rings is 1. The van der Waals surface area contributed by atoms with Gasteiger partial charge in [-0.15, -0.1) is 0 Å². The molecule has 6 nitrogen and oxygen atoms in total. The van der Waals surface area contributed by atoms with Crippen molar-refractivity contribution < 1.29 is 13.2 Å². The predicted molar refractivity (Wildman–Crippen MR) is 79.2 cm³/mol. The van der Waals surface area contributed by atoms with Crippen molar-refractivity contribution in [3.63, 3.8) is 0 Å². The maximum Gasteiger partial charge on any atom is 0.319 e. The molecule has 0 radical (unpaired) electrons. The van der Waals surface area contributed by atoms with Crippen molar-refractivity contribution in [2.45, 2.75) is 24.7 Å². The molecular formula is C13H21N3O3S. The third-order valence-electron chi connectivity index (χ3n) is 2.69. The lowest BCUT2D eigenvalue weighted by molar-refractivity contribution is 0.252. The number of sulfonamides is 1. The summed E-state index contributed by atoms with van der Waals surface area (Å²) in [5.74, 6) is 0. The summed E-state index contributed by atoms with van der Waals surface area (Å²) < 4.78 is 25.1. The van der Waals surface area contributed by atoms with Crippen LogP contribution in [0.3, 0.4) is 0 Å². The highest BCUT2D eigenvalue weighted by Gasteiger charge is 2.17. The van der Waals surface area contributed by atoms with Gasteiger partial charge in [-0.1, -0.05) is 19.4 Å². The number of hydrogen-bond donors (Lipinski definition) is 2. The molecule has 2 amide bonds. The third kappa shape index (κ3) is 4.50. The van der Waals surface area contributed by atoms with Crippen LogP contribution in [0, 0.1) is 0 Å². The second-order valence-electron chi connectivity index (χ2n) is 4.55. The second-order valence-corrected chi connectivity index (χ2v) is 6.70. The summed E-state index contributed by atoms with van der Waals surface area (Å²) in [6.45, 7) is 2.63. The summed E-state index contributed by atoms with van der Waals surface area (Å²) in [5.41, 5.74) is 0.446. The fraction of sp³-hybridized carbons (Fsp3) is 0.462. The van der Waals surface area contributed by atoms with Gasteiger partial charge in [0, 0.05) is 26.3 Å². The number of urea groups is 1. The molecule has 0 atom stereocenters. The van der Waals surface area contributed by atoms with Gasteiger partial charge in [0.05, 0.1) is 4.90 Å². The Morgan fingerprint density at radius 3 is 2.60 bits per heavy atom. The minimum absolute atomic E-state index is 0.147. The molecular weight excluding hydrogens is 278 g/mol. The number of rotatable bonds is 6. The van der Waals surface area contributed by atoms with Crippen LogP contribution in [0.1, 0.15) is 19.8 Å². The number of carbonyl (C=O) groups excluding carboxylic acids is 1. The second kappa shape index (κ2) is 7.25. The number of carbonyl (C=O) groups is 1. The molecule has 0 heterocycles. The first-order valence-electron chi connectivity index (χ1n) is 6.45. The van der Waals surface area contributed by atoms with Gasteiger partial charge in [0.25, 0.3) is 0 Å². The van der Waals surface area contributed by atoms with Crippen molar-refractivity contribution in [2.24, 2.45) is 0 Å². The van der Waals surface area contributed by atoms with E-state index in [1.54, 1.807) is 12.1 Å². The van der Waals surface area contributed by atoms with Crippen LogP contribution in [0.25, 0.3) is 0 Å². The first kappa shape index (κ1) is 16.5. The first-order valence-corrected chi connectivity index (χ1v) is 7.89. The van der Waals surface area contributed by atoms with E-state index in [1.165, 1.54) is 26.2 Å². The van der Waals surface area contributed by atoms with Gasteiger partial charge < -0.3 is 10.6 Å². The molecule has 20 heavy (non-hydrogen) atoms. The molecule has 0 aliphatic heterocycles. The fourth-order valence-electron chi connectivity index (χ4n) is 1.50. The number of nitrogens with zero attached hydrogens (tertiary/aromatic N) is 1. The van der Waals surface area contributed by atoms with Gasteiger partial charge in [0.2, 0.25) is 10.0 Å². The minimum Gasteiger partial charge on any atom is -0.338 e. The summed E-state index contributed by atoms with van der Waals surface area (Å²) in [7, 11) is -0.564. The van der Waals surface area contributed by atoms with Crippen molar-refractivity contribution in [2.75, 3.05) is 26.0 Å². The molecule has 0 aliphatic rings. The molecule has 0 aliphatic carbocycles. The van der Waals surface area contributed by atoms with Gasteiger partial charge in [-0.25, -0.2) is 17.5 Å². The van der Waals surface area contributed by atoms with Crippen LogP contribution in [0.5, 0.6) is 0 Å². The Kier molecular flexibility index (Phi) is 5.97. The van der Waals surface area contributed by atoms with Crippen molar-refractivity contribution in [3.8, 4) is 0 Å². The molecule has 0 aromatic heterocycles. The van der Waals surface area contributed by atoms with Gasteiger partial charge >= 0.3 is 6.03 Å². The van der Waals surface area contributed by atoms with Gasteiger partial charge in [0.15, 0.2) is 0 Å². The summed E-state index contributed by atoms with van der Waals surface area (Å²) in [6.07, 6.45) is 1.90. The molecule has 0 unspecified atom stereocenters. The highest BCUT2D eigenvalue weighted by atomic mass is 32.2. The van der Waals surface area contributed by atoms with E-state index < -0.39 is 10.0 Å². The van der Waals surface area contributed by atoms with Gasteiger partial charge in [-0.3, -0.25) is 0 Å². The van der Waals surface area contributed by atoms with Crippen LogP contribution < -0.4 is 10.6 Å². The van der Waals surface area contributed by atoms with E-state index in [1.807, 2.05) is 6.92 Å². The van der Waals surface area contributed by atoms with Gasteiger partial charge in [-0.05, 0) is 24.6 Å². The highest BCUT2D eigenvalue weighted by Crippen LogP contribution is 2.17. The van der Waals surface area contributed by atoms with Crippen molar-refractivity contribution in [3.05, 3.63) is 24.3 Å². The monoisotopic (exact) mass is 299 g/mol. The molecule has 0 bridgehead atoms. The minimum atomic E-state index is -3.49. The van der Waals surface area contributed by atoms with E-state index in [4.69, 9.17) is 0 Å². The number of nitrogens with one attached hydrogen (secondary N) is 2. The van der Waals surface area contributed by atoms with E-state index in [0.717, 1.165) is 17.1 Å². The van der Waals surface area contributed by atoms with Crippen molar-refractivity contribution in [1.82, 2.24) is 9.62 Å². The van der Waals surface area contributed by atoms with Crippen LogP contribution >= 0.6 is 0 Å². The molecule has 112 valence electrons. The molecule has 0 spiro atoms. The Morgan fingerprint density at radius 1 is 1.30 bits per heavy atom. The van der Waals surface area contributed by atoms with E-state index in [0.29, 0.717) is 12.2 Å². The Morgan fingerprint density at radius 2 is 2.00 bits per heavy atom. The van der Waals surface area contributed by atoms with E-state index >= 15 is 0 Å². The SMILES string of the molecule is CCCCNC(=O)Nc1cccc(S(=O)(=O)N(C)C)c1. The van der Waals surface area contributed by atoms with Crippen LogP contribution in [0.15, 0.2) is 29.2 Å². The molecule has 7 heteroatoms. The van der Waals surface area contributed by atoms with E-state index in [2.05, 4.69) is 10.6 Å². The van der Waals surface area contributed by atoms with Crippen LogP contribution in [-0.2, 0) is 10.0 Å². The third-order valence-corrected chi connectivity index (χ3v) is 4.50. The molecule has 0 fully saturated rings. The first-order chi connectivity index (χ1) is 9.37. The lowest BCUT2D eigenvalue weighted by Gasteiger charge is -2.13. The zero-order chi connectivity index (χ0) is 15.2. The smallest absolute Gasteiger partial charge is 0.319 e. The van der Waals surface area contributed by atoms with Gasteiger partial charge in [0.1, 0.15) is 0 Å². The molecule has 1 rings (SSSR count).